The highest BCUT2D eigenvalue weighted by atomic mass is 16.1. The zero-order chi connectivity index (χ0) is 16.1. The van der Waals surface area contributed by atoms with Gasteiger partial charge < -0.3 is 0 Å². The first kappa shape index (κ1) is 21.4. The molecule has 0 bridgehead atoms. The van der Waals surface area contributed by atoms with Gasteiger partial charge in [0.15, 0.2) is 6.29 Å². The Morgan fingerprint density at radius 3 is 1.45 bits per heavy atom. The van der Waals surface area contributed by atoms with Gasteiger partial charge in [0, 0.05) is 6.42 Å². The first-order valence-electron chi connectivity index (χ1n) is 9.91. The van der Waals surface area contributed by atoms with Crippen molar-refractivity contribution in [3.8, 4) is 0 Å². The lowest BCUT2D eigenvalue weighted by Gasteiger charge is -2.02. The molecule has 1 nitrogen and oxygen atoms in total. The highest BCUT2D eigenvalue weighted by Crippen LogP contribution is 2.13. The van der Waals surface area contributed by atoms with Crippen LogP contribution in [0.15, 0.2) is 12.2 Å². The van der Waals surface area contributed by atoms with E-state index in [1.807, 2.05) is 6.29 Å². The Morgan fingerprint density at radius 1 is 0.591 bits per heavy atom. The maximum absolute atomic E-state index is 10.0. The SMILES string of the molecule is CCCCC=CCCCCCCCCCCCCCC[C]=O. The van der Waals surface area contributed by atoms with Crippen LogP contribution in [0, 0.1) is 0 Å². The zero-order valence-corrected chi connectivity index (χ0v) is 15.1. The van der Waals surface area contributed by atoms with E-state index in [4.69, 9.17) is 0 Å². The summed E-state index contributed by atoms with van der Waals surface area (Å²) >= 11 is 0. The van der Waals surface area contributed by atoms with Crippen molar-refractivity contribution in [2.45, 2.75) is 116 Å². The fraction of sp³-hybridized carbons (Fsp3) is 0.857. The maximum Gasteiger partial charge on any atom is 0.198 e. The second kappa shape index (κ2) is 20.4. The minimum atomic E-state index is 0.633. The number of allylic oxidation sites excluding steroid dienone is 2. The molecule has 0 aromatic rings. The number of carbonyl (C=O) groups excluding carboxylic acids is 1. The van der Waals surface area contributed by atoms with E-state index in [2.05, 4.69) is 19.1 Å². The molecule has 0 saturated heterocycles. The molecule has 0 aliphatic heterocycles. The normalized spacial score (nSPS) is 11.3. The molecule has 22 heavy (non-hydrogen) atoms. The summed E-state index contributed by atoms with van der Waals surface area (Å²) in [7, 11) is 0. The summed E-state index contributed by atoms with van der Waals surface area (Å²) in [5.41, 5.74) is 0. The molecule has 0 spiro atoms. The van der Waals surface area contributed by atoms with Gasteiger partial charge in [-0.05, 0) is 25.7 Å². The lowest BCUT2D eigenvalue weighted by Crippen LogP contribution is -1.83. The molecular formula is C21H39O. The van der Waals surface area contributed by atoms with Crippen LogP contribution in [0.2, 0.25) is 0 Å². The van der Waals surface area contributed by atoms with Gasteiger partial charge in [-0.3, -0.25) is 4.79 Å². The van der Waals surface area contributed by atoms with Crippen molar-refractivity contribution >= 4 is 6.29 Å². The standard InChI is InChI=1S/C21H39O/c1-2-3-4-5-6-7-8-9-10-11-12-13-14-15-16-17-18-19-20-21-22/h5-6H,2-4,7-20H2,1H3. The molecule has 0 unspecified atom stereocenters. The van der Waals surface area contributed by atoms with Crippen molar-refractivity contribution in [1.29, 1.82) is 0 Å². The Hall–Kier alpha value is -0.590. The fourth-order valence-electron chi connectivity index (χ4n) is 2.78. The van der Waals surface area contributed by atoms with Crippen LogP contribution in [-0.2, 0) is 4.79 Å². The van der Waals surface area contributed by atoms with Crippen LogP contribution in [0.1, 0.15) is 116 Å². The third-order valence-electron chi connectivity index (χ3n) is 4.29. The highest BCUT2D eigenvalue weighted by Gasteiger charge is 1.93. The molecule has 0 heterocycles. The van der Waals surface area contributed by atoms with Crippen LogP contribution in [-0.4, -0.2) is 6.29 Å². The average Bonchev–Trinajstić information content (AvgIpc) is 2.54. The predicted molar refractivity (Wildman–Crippen MR) is 99.0 cm³/mol. The Labute approximate surface area is 140 Å². The molecule has 0 N–H and O–H groups in total. The van der Waals surface area contributed by atoms with E-state index in [9.17, 15) is 4.79 Å². The van der Waals surface area contributed by atoms with Gasteiger partial charge in [-0.25, -0.2) is 0 Å². The Morgan fingerprint density at radius 2 is 1.00 bits per heavy atom. The number of hydrogen-bond donors (Lipinski definition) is 0. The van der Waals surface area contributed by atoms with Crippen molar-refractivity contribution in [1.82, 2.24) is 0 Å². The molecule has 0 atom stereocenters. The summed E-state index contributed by atoms with van der Waals surface area (Å²) in [5, 5.41) is 0. The molecule has 0 saturated carbocycles. The number of unbranched alkanes of at least 4 members (excludes halogenated alkanes) is 15. The van der Waals surface area contributed by atoms with Crippen molar-refractivity contribution in [2.24, 2.45) is 0 Å². The second-order valence-corrected chi connectivity index (χ2v) is 6.54. The smallest absolute Gasteiger partial charge is 0.198 e. The Balaban J connectivity index is 2.99. The quantitative estimate of drug-likeness (QED) is 0.192. The van der Waals surface area contributed by atoms with Gasteiger partial charge in [0.2, 0.25) is 0 Å². The van der Waals surface area contributed by atoms with E-state index in [1.165, 1.54) is 96.3 Å². The maximum atomic E-state index is 10.0. The highest BCUT2D eigenvalue weighted by molar-refractivity contribution is 5.50. The molecule has 0 aliphatic rings. The number of rotatable bonds is 18. The predicted octanol–water partition coefficient (Wildman–Crippen LogP) is 7.30. The van der Waals surface area contributed by atoms with Gasteiger partial charge in [-0.2, -0.15) is 0 Å². The minimum absolute atomic E-state index is 0.633. The van der Waals surface area contributed by atoms with E-state index in [0.717, 1.165) is 6.42 Å². The van der Waals surface area contributed by atoms with Crippen molar-refractivity contribution < 1.29 is 4.79 Å². The van der Waals surface area contributed by atoms with Gasteiger partial charge in [0.05, 0.1) is 0 Å². The molecule has 0 aromatic heterocycles. The second-order valence-electron chi connectivity index (χ2n) is 6.54. The van der Waals surface area contributed by atoms with Crippen molar-refractivity contribution in [3.63, 3.8) is 0 Å². The van der Waals surface area contributed by atoms with Gasteiger partial charge in [-0.15, -0.1) is 0 Å². The summed E-state index contributed by atoms with van der Waals surface area (Å²) in [6.45, 7) is 2.25. The first-order chi connectivity index (χ1) is 10.9. The molecule has 1 radical (unpaired) electrons. The van der Waals surface area contributed by atoms with Crippen LogP contribution in [0.5, 0.6) is 0 Å². The third kappa shape index (κ3) is 19.4. The van der Waals surface area contributed by atoms with E-state index >= 15 is 0 Å². The summed E-state index contributed by atoms with van der Waals surface area (Å²) in [5.74, 6) is 0. The lowest BCUT2D eigenvalue weighted by molar-refractivity contribution is 0.532. The monoisotopic (exact) mass is 307 g/mol. The average molecular weight is 308 g/mol. The van der Waals surface area contributed by atoms with Crippen molar-refractivity contribution in [3.05, 3.63) is 12.2 Å². The van der Waals surface area contributed by atoms with Crippen LogP contribution in [0.25, 0.3) is 0 Å². The lowest BCUT2D eigenvalue weighted by atomic mass is 10.0. The van der Waals surface area contributed by atoms with Crippen molar-refractivity contribution in [2.75, 3.05) is 0 Å². The molecule has 0 fully saturated rings. The van der Waals surface area contributed by atoms with E-state index < -0.39 is 0 Å². The molecule has 129 valence electrons. The van der Waals surface area contributed by atoms with Gasteiger partial charge in [0.1, 0.15) is 0 Å². The Bertz CT molecular complexity index is 232. The molecular weight excluding hydrogens is 268 g/mol. The summed E-state index contributed by atoms with van der Waals surface area (Å²) in [6.07, 6.45) is 28.7. The van der Waals surface area contributed by atoms with Gasteiger partial charge in [-0.1, -0.05) is 96.1 Å². The van der Waals surface area contributed by atoms with E-state index in [0.29, 0.717) is 6.42 Å². The summed E-state index contributed by atoms with van der Waals surface area (Å²) < 4.78 is 0. The number of hydrogen-bond acceptors (Lipinski definition) is 1. The third-order valence-corrected chi connectivity index (χ3v) is 4.29. The van der Waals surface area contributed by atoms with Crippen LogP contribution in [0.4, 0.5) is 0 Å². The summed E-state index contributed by atoms with van der Waals surface area (Å²) in [4.78, 5) is 10.0. The zero-order valence-electron chi connectivity index (χ0n) is 15.1. The van der Waals surface area contributed by atoms with Gasteiger partial charge in [0.25, 0.3) is 0 Å². The molecule has 0 amide bonds. The molecule has 0 aliphatic carbocycles. The minimum Gasteiger partial charge on any atom is -0.291 e. The first-order valence-corrected chi connectivity index (χ1v) is 9.91. The topological polar surface area (TPSA) is 17.1 Å². The van der Waals surface area contributed by atoms with E-state index in [1.54, 1.807) is 0 Å². The van der Waals surface area contributed by atoms with Crippen LogP contribution >= 0.6 is 0 Å². The summed E-state index contributed by atoms with van der Waals surface area (Å²) in [6, 6.07) is 0. The fourth-order valence-corrected chi connectivity index (χ4v) is 2.78. The molecule has 0 rings (SSSR count). The van der Waals surface area contributed by atoms with Gasteiger partial charge >= 0.3 is 0 Å². The van der Waals surface area contributed by atoms with Crippen LogP contribution < -0.4 is 0 Å². The largest absolute Gasteiger partial charge is 0.291 e. The van der Waals surface area contributed by atoms with Crippen LogP contribution in [0.3, 0.4) is 0 Å². The Kier molecular flexibility index (Phi) is 19.9. The molecule has 0 aromatic carbocycles. The van der Waals surface area contributed by atoms with E-state index in [-0.39, 0.29) is 0 Å². The molecule has 1 heteroatoms.